The second-order valence-electron chi connectivity index (χ2n) is 4.59. The van der Waals surface area contributed by atoms with Crippen LogP contribution in [-0.4, -0.2) is 18.0 Å². The Morgan fingerprint density at radius 1 is 0.812 bits per heavy atom. The van der Waals surface area contributed by atoms with Crippen molar-refractivity contribution in [3.05, 3.63) is 0 Å². The molecule has 0 aromatic heterocycles. The molecule has 0 saturated carbocycles. The van der Waals surface area contributed by atoms with E-state index < -0.39 is 6.29 Å². The van der Waals surface area contributed by atoms with Crippen LogP contribution in [0.5, 0.6) is 0 Å². The van der Waals surface area contributed by atoms with E-state index in [1.165, 1.54) is 38.5 Å². The minimum atomic E-state index is -0.528. The van der Waals surface area contributed by atoms with Gasteiger partial charge in [0.15, 0.2) is 6.29 Å². The molecule has 0 fully saturated rings. The van der Waals surface area contributed by atoms with Gasteiger partial charge >= 0.3 is 0 Å². The maximum atomic E-state index is 9.43. The second kappa shape index (κ2) is 13.0. The number of hydrogen-bond acceptors (Lipinski definition) is 2. The molecule has 0 rings (SSSR count). The van der Waals surface area contributed by atoms with Gasteiger partial charge in [0.1, 0.15) is 0 Å². The van der Waals surface area contributed by atoms with Crippen molar-refractivity contribution in [3.8, 4) is 0 Å². The van der Waals surface area contributed by atoms with Crippen LogP contribution in [0.25, 0.3) is 0 Å². The maximum Gasteiger partial charge on any atom is 0.154 e. The smallest absolute Gasteiger partial charge is 0.154 e. The number of rotatable bonds is 12. The lowest BCUT2D eigenvalue weighted by Crippen LogP contribution is -2.12. The lowest BCUT2D eigenvalue weighted by molar-refractivity contribution is -0.105. The van der Waals surface area contributed by atoms with Crippen molar-refractivity contribution in [2.45, 2.75) is 84.3 Å². The highest BCUT2D eigenvalue weighted by atomic mass is 16.6. The molecule has 0 saturated heterocycles. The van der Waals surface area contributed by atoms with Gasteiger partial charge in [-0.1, -0.05) is 58.8 Å². The summed E-state index contributed by atoms with van der Waals surface area (Å²) in [4.78, 5) is 0. The Balaban J connectivity index is 3.02. The van der Waals surface area contributed by atoms with Crippen molar-refractivity contribution in [1.82, 2.24) is 0 Å². The van der Waals surface area contributed by atoms with Crippen molar-refractivity contribution in [1.29, 1.82) is 0 Å². The molecule has 0 aromatic rings. The normalized spacial score (nSPS) is 12.9. The van der Waals surface area contributed by atoms with E-state index in [1.807, 2.05) is 0 Å². The summed E-state index contributed by atoms with van der Waals surface area (Å²) >= 11 is 0. The van der Waals surface area contributed by atoms with Crippen molar-refractivity contribution in [3.63, 3.8) is 0 Å². The minimum Gasteiger partial charge on any atom is -0.368 e. The van der Waals surface area contributed by atoms with E-state index in [2.05, 4.69) is 13.8 Å². The third kappa shape index (κ3) is 12.0. The van der Waals surface area contributed by atoms with Gasteiger partial charge in [-0.15, -0.1) is 0 Å². The zero-order valence-corrected chi connectivity index (χ0v) is 11.2. The molecule has 1 unspecified atom stereocenters. The standard InChI is InChI=1S/C14H30O2/c1-3-5-7-8-9-10-11-13-16-14(15)12-6-4-2/h14-15H,3-13H2,1-2H3. The summed E-state index contributed by atoms with van der Waals surface area (Å²) in [6.45, 7) is 5.09. The number of hydrogen-bond donors (Lipinski definition) is 1. The summed E-state index contributed by atoms with van der Waals surface area (Å²) in [6.07, 6.45) is 11.5. The molecule has 2 heteroatoms. The van der Waals surface area contributed by atoms with E-state index in [0.29, 0.717) is 0 Å². The number of ether oxygens (including phenoxy) is 1. The molecule has 1 N–H and O–H groups in total. The number of aliphatic hydroxyl groups excluding tert-OH is 1. The Hall–Kier alpha value is -0.0800. The highest BCUT2D eigenvalue weighted by Gasteiger charge is 2.01. The SMILES string of the molecule is CCCCCCCCCOC(O)CCCC. The van der Waals surface area contributed by atoms with Crippen molar-refractivity contribution in [2.24, 2.45) is 0 Å². The molecule has 16 heavy (non-hydrogen) atoms. The number of aliphatic hydroxyl groups is 1. The maximum absolute atomic E-state index is 9.43. The highest BCUT2D eigenvalue weighted by molar-refractivity contribution is 4.46. The van der Waals surface area contributed by atoms with Crippen LogP contribution in [0.2, 0.25) is 0 Å². The van der Waals surface area contributed by atoms with Crippen LogP contribution >= 0.6 is 0 Å². The van der Waals surface area contributed by atoms with Crippen LogP contribution in [0.15, 0.2) is 0 Å². The van der Waals surface area contributed by atoms with Gasteiger partial charge < -0.3 is 9.84 Å². The first kappa shape index (κ1) is 15.9. The summed E-state index contributed by atoms with van der Waals surface area (Å²) in [5.74, 6) is 0. The van der Waals surface area contributed by atoms with Gasteiger partial charge in [0, 0.05) is 6.61 Å². The van der Waals surface area contributed by atoms with Gasteiger partial charge in [-0.3, -0.25) is 0 Å². The molecule has 1 atom stereocenters. The molecule has 0 bridgehead atoms. The molecule has 98 valence electrons. The van der Waals surface area contributed by atoms with E-state index in [1.54, 1.807) is 0 Å². The van der Waals surface area contributed by atoms with E-state index in [9.17, 15) is 5.11 Å². The van der Waals surface area contributed by atoms with Gasteiger partial charge in [-0.05, 0) is 19.3 Å². The molecule has 0 aliphatic heterocycles. The average molecular weight is 230 g/mol. The van der Waals surface area contributed by atoms with Crippen LogP contribution < -0.4 is 0 Å². The summed E-state index contributed by atoms with van der Waals surface area (Å²) in [6, 6.07) is 0. The first-order chi connectivity index (χ1) is 7.81. The topological polar surface area (TPSA) is 29.5 Å². The Kier molecular flexibility index (Phi) is 12.9. The fourth-order valence-electron chi connectivity index (χ4n) is 1.74. The summed E-state index contributed by atoms with van der Waals surface area (Å²) in [7, 11) is 0. The zero-order valence-electron chi connectivity index (χ0n) is 11.2. The fourth-order valence-corrected chi connectivity index (χ4v) is 1.74. The number of unbranched alkanes of at least 4 members (excludes halogenated alkanes) is 7. The fraction of sp³-hybridized carbons (Fsp3) is 1.00. The second-order valence-corrected chi connectivity index (χ2v) is 4.59. The molecule has 0 heterocycles. The van der Waals surface area contributed by atoms with Crippen LogP contribution in [0.3, 0.4) is 0 Å². The summed E-state index contributed by atoms with van der Waals surface area (Å²) in [5, 5.41) is 9.43. The van der Waals surface area contributed by atoms with Crippen LogP contribution in [0.4, 0.5) is 0 Å². The molecule has 0 aliphatic rings. The summed E-state index contributed by atoms with van der Waals surface area (Å²) < 4.78 is 5.33. The molecular weight excluding hydrogens is 200 g/mol. The first-order valence-corrected chi connectivity index (χ1v) is 7.11. The quantitative estimate of drug-likeness (QED) is 0.401. The van der Waals surface area contributed by atoms with E-state index >= 15 is 0 Å². The van der Waals surface area contributed by atoms with Crippen molar-refractivity contribution >= 4 is 0 Å². The molecule has 0 spiro atoms. The highest BCUT2D eigenvalue weighted by Crippen LogP contribution is 2.08. The molecule has 0 radical (unpaired) electrons. The Bertz CT molecular complexity index is 126. The lowest BCUT2D eigenvalue weighted by Gasteiger charge is -2.11. The summed E-state index contributed by atoms with van der Waals surface area (Å²) in [5.41, 5.74) is 0. The van der Waals surface area contributed by atoms with E-state index in [4.69, 9.17) is 4.74 Å². The van der Waals surface area contributed by atoms with Crippen LogP contribution in [-0.2, 0) is 4.74 Å². The predicted molar refractivity (Wildman–Crippen MR) is 69.5 cm³/mol. The van der Waals surface area contributed by atoms with Gasteiger partial charge in [-0.2, -0.15) is 0 Å². The Labute approximate surface area is 101 Å². The Morgan fingerprint density at radius 3 is 2.00 bits per heavy atom. The minimum absolute atomic E-state index is 0.528. The molecule has 0 aliphatic carbocycles. The molecule has 0 amide bonds. The van der Waals surface area contributed by atoms with Crippen molar-refractivity contribution in [2.75, 3.05) is 6.61 Å². The zero-order chi connectivity index (χ0) is 12.1. The largest absolute Gasteiger partial charge is 0.368 e. The van der Waals surface area contributed by atoms with E-state index in [0.717, 1.165) is 32.3 Å². The van der Waals surface area contributed by atoms with E-state index in [-0.39, 0.29) is 0 Å². The first-order valence-electron chi connectivity index (χ1n) is 7.11. The predicted octanol–water partition coefficient (Wildman–Crippen LogP) is 4.26. The van der Waals surface area contributed by atoms with Crippen LogP contribution in [0, 0.1) is 0 Å². The van der Waals surface area contributed by atoms with Crippen LogP contribution in [0.1, 0.15) is 78.1 Å². The van der Waals surface area contributed by atoms with Crippen molar-refractivity contribution < 1.29 is 9.84 Å². The average Bonchev–Trinajstić information content (AvgIpc) is 2.30. The monoisotopic (exact) mass is 230 g/mol. The molecular formula is C14H30O2. The van der Waals surface area contributed by atoms with Gasteiger partial charge in [0.25, 0.3) is 0 Å². The Morgan fingerprint density at radius 2 is 1.38 bits per heavy atom. The van der Waals surface area contributed by atoms with Gasteiger partial charge in [0.05, 0.1) is 0 Å². The van der Waals surface area contributed by atoms with Gasteiger partial charge in [0.2, 0.25) is 0 Å². The van der Waals surface area contributed by atoms with Gasteiger partial charge in [-0.25, -0.2) is 0 Å². The third-order valence-corrected chi connectivity index (χ3v) is 2.86. The molecule has 0 aromatic carbocycles. The third-order valence-electron chi connectivity index (χ3n) is 2.86. The lowest BCUT2D eigenvalue weighted by atomic mass is 10.1. The molecule has 2 nitrogen and oxygen atoms in total.